The van der Waals surface area contributed by atoms with Gasteiger partial charge in [-0.15, -0.1) is 0 Å². The van der Waals surface area contributed by atoms with Crippen LogP contribution in [0.15, 0.2) is 18.2 Å². The fourth-order valence-corrected chi connectivity index (χ4v) is 1.99. The molecule has 1 rings (SSSR count). The Kier molecular flexibility index (Phi) is 5.19. The molecule has 0 spiro atoms. The monoisotopic (exact) mass is 300 g/mol. The van der Waals surface area contributed by atoms with Gasteiger partial charge in [-0.1, -0.05) is 0 Å². The minimum atomic E-state index is -4.75. The Morgan fingerprint density at radius 1 is 1.43 bits per heavy atom. The number of aromatic carboxylic acids is 1. The van der Waals surface area contributed by atoms with Crippen molar-refractivity contribution in [2.45, 2.75) is 32.5 Å². The zero-order chi connectivity index (χ0) is 16.2. The quantitative estimate of drug-likeness (QED) is 0.903. The van der Waals surface area contributed by atoms with Crippen molar-refractivity contribution in [3.63, 3.8) is 0 Å². The minimum absolute atomic E-state index is 0.116. The van der Waals surface area contributed by atoms with Gasteiger partial charge in [0.05, 0.1) is 23.6 Å². The van der Waals surface area contributed by atoms with E-state index < -0.39 is 23.3 Å². The summed E-state index contributed by atoms with van der Waals surface area (Å²) in [6.07, 6.45) is -4.58. The van der Waals surface area contributed by atoms with Crippen LogP contribution in [0.2, 0.25) is 0 Å². The molecule has 0 fully saturated rings. The van der Waals surface area contributed by atoms with E-state index in [1.165, 1.54) is 6.07 Å². The molecule has 0 aromatic heterocycles. The summed E-state index contributed by atoms with van der Waals surface area (Å²) in [6, 6.07) is 4.92. The van der Waals surface area contributed by atoms with E-state index in [-0.39, 0.29) is 24.7 Å². The number of rotatable bonds is 5. The predicted octanol–water partition coefficient (Wildman–Crippen LogP) is 3.53. The third-order valence-corrected chi connectivity index (χ3v) is 2.96. The van der Waals surface area contributed by atoms with E-state index in [0.29, 0.717) is 0 Å². The lowest BCUT2D eigenvalue weighted by molar-refractivity contribution is -0.138. The minimum Gasteiger partial charge on any atom is -0.478 e. The Morgan fingerprint density at radius 3 is 2.48 bits per heavy atom. The van der Waals surface area contributed by atoms with Crippen molar-refractivity contribution in [1.29, 1.82) is 5.26 Å². The van der Waals surface area contributed by atoms with Crippen molar-refractivity contribution in [3.8, 4) is 6.07 Å². The number of carboxylic acids is 1. The highest BCUT2D eigenvalue weighted by Crippen LogP contribution is 2.35. The van der Waals surface area contributed by atoms with E-state index in [2.05, 4.69) is 0 Å². The van der Waals surface area contributed by atoms with Gasteiger partial charge in [0.1, 0.15) is 0 Å². The van der Waals surface area contributed by atoms with Gasteiger partial charge in [-0.2, -0.15) is 18.4 Å². The number of halogens is 3. The predicted molar refractivity (Wildman–Crippen MR) is 71.1 cm³/mol. The van der Waals surface area contributed by atoms with Gasteiger partial charge in [-0.05, 0) is 32.0 Å². The van der Waals surface area contributed by atoms with Crippen LogP contribution >= 0.6 is 0 Å². The molecule has 1 aromatic rings. The largest absolute Gasteiger partial charge is 0.478 e. The molecule has 0 saturated heterocycles. The van der Waals surface area contributed by atoms with Crippen molar-refractivity contribution < 1.29 is 23.1 Å². The third-order valence-electron chi connectivity index (χ3n) is 2.96. The second kappa shape index (κ2) is 6.48. The molecule has 0 unspecified atom stereocenters. The molecular formula is C14H15F3N2O2. The first kappa shape index (κ1) is 16.8. The maximum Gasteiger partial charge on any atom is 0.417 e. The SMILES string of the molecule is CC(C)N(CCC#N)c1ccc(C(=O)O)c(C(F)(F)F)c1. The van der Waals surface area contributed by atoms with Crippen LogP contribution < -0.4 is 4.90 Å². The fraction of sp³-hybridized carbons (Fsp3) is 0.429. The van der Waals surface area contributed by atoms with Gasteiger partial charge >= 0.3 is 12.1 Å². The standard InChI is InChI=1S/C14H15F3N2O2/c1-9(2)19(7-3-6-18)10-4-5-11(13(20)21)12(8-10)14(15,16)17/h4-5,8-9H,3,7H2,1-2H3,(H,20,21). The van der Waals surface area contributed by atoms with Crippen molar-refractivity contribution in [1.82, 2.24) is 0 Å². The van der Waals surface area contributed by atoms with Gasteiger partial charge in [-0.25, -0.2) is 4.79 Å². The molecule has 0 saturated carbocycles. The molecular weight excluding hydrogens is 285 g/mol. The molecule has 0 aliphatic heterocycles. The van der Waals surface area contributed by atoms with Gasteiger partial charge in [0.15, 0.2) is 0 Å². The number of nitrogens with zero attached hydrogens (tertiary/aromatic N) is 2. The van der Waals surface area contributed by atoms with Crippen LogP contribution in [-0.4, -0.2) is 23.7 Å². The summed E-state index contributed by atoms with van der Waals surface area (Å²) in [7, 11) is 0. The van der Waals surface area contributed by atoms with Crippen LogP contribution in [0.5, 0.6) is 0 Å². The van der Waals surface area contributed by atoms with Gasteiger partial charge in [0.2, 0.25) is 0 Å². The normalized spacial score (nSPS) is 11.3. The second-order valence-corrected chi connectivity index (χ2v) is 4.73. The Balaban J connectivity index is 3.32. The lowest BCUT2D eigenvalue weighted by atomic mass is 10.0. The zero-order valence-corrected chi connectivity index (χ0v) is 11.6. The van der Waals surface area contributed by atoms with Crippen LogP contribution in [0, 0.1) is 11.3 Å². The first-order valence-corrected chi connectivity index (χ1v) is 6.26. The Labute approximate surface area is 120 Å². The van der Waals surface area contributed by atoms with Gasteiger partial charge in [-0.3, -0.25) is 0 Å². The molecule has 7 heteroatoms. The average Bonchev–Trinajstić information content (AvgIpc) is 2.37. The van der Waals surface area contributed by atoms with E-state index >= 15 is 0 Å². The van der Waals surface area contributed by atoms with Gasteiger partial charge < -0.3 is 10.0 Å². The number of carboxylic acid groups (broad SMARTS) is 1. The highest BCUT2D eigenvalue weighted by Gasteiger charge is 2.36. The topological polar surface area (TPSA) is 64.3 Å². The summed E-state index contributed by atoms with van der Waals surface area (Å²) >= 11 is 0. The number of nitriles is 1. The first-order valence-electron chi connectivity index (χ1n) is 6.26. The van der Waals surface area contributed by atoms with Crippen molar-refractivity contribution in [2.24, 2.45) is 0 Å². The molecule has 0 amide bonds. The summed E-state index contributed by atoms with van der Waals surface area (Å²) in [5.74, 6) is -1.62. The van der Waals surface area contributed by atoms with Crippen LogP contribution in [-0.2, 0) is 6.18 Å². The Morgan fingerprint density at radius 2 is 2.05 bits per heavy atom. The van der Waals surface area contributed by atoms with E-state index in [4.69, 9.17) is 10.4 Å². The fourth-order valence-electron chi connectivity index (χ4n) is 1.99. The molecule has 0 atom stereocenters. The van der Waals surface area contributed by atoms with Gasteiger partial charge in [0.25, 0.3) is 0 Å². The van der Waals surface area contributed by atoms with E-state index in [9.17, 15) is 18.0 Å². The second-order valence-electron chi connectivity index (χ2n) is 4.73. The Bertz CT molecular complexity index is 562. The van der Waals surface area contributed by atoms with Crippen LogP contribution in [0.25, 0.3) is 0 Å². The van der Waals surface area contributed by atoms with Crippen molar-refractivity contribution >= 4 is 11.7 Å². The molecule has 0 bridgehead atoms. The maximum absolute atomic E-state index is 13.0. The molecule has 0 aliphatic carbocycles. The summed E-state index contributed by atoms with van der Waals surface area (Å²) in [6.45, 7) is 3.85. The average molecular weight is 300 g/mol. The lowest BCUT2D eigenvalue weighted by Crippen LogP contribution is -2.32. The van der Waals surface area contributed by atoms with E-state index in [1.807, 2.05) is 6.07 Å². The number of carbonyl (C=O) groups is 1. The summed E-state index contributed by atoms with van der Waals surface area (Å²) in [5.41, 5.74) is -1.72. The molecule has 1 N–H and O–H groups in total. The van der Waals surface area contributed by atoms with Gasteiger partial charge in [0, 0.05) is 18.3 Å². The van der Waals surface area contributed by atoms with Crippen molar-refractivity contribution in [3.05, 3.63) is 29.3 Å². The number of alkyl halides is 3. The number of benzene rings is 1. The number of anilines is 1. The summed E-state index contributed by atoms with van der Waals surface area (Å²) < 4.78 is 38.9. The number of hydrogen-bond acceptors (Lipinski definition) is 3. The molecule has 21 heavy (non-hydrogen) atoms. The maximum atomic E-state index is 13.0. The van der Waals surface area contributed by atoms with E-state index in [0.717, 1.165) is 12.1 Å². The molecule has 4 nitrogen and oxygen atoms in total. The molecule has 1 aromatic carbocycles. The summed E-state index contributed by atoms with van der Waals surface area (Å²) in [4.78, 5) is 12.5. The summed E-state index contributed by atoms with van der Waals surface area (Å²) in [5, 5.41) is 17.5. The highest BCUT2D eigenvalue weighted by atomic mass is 19.4. The van der Waals surface area contributed by atoms with Crippen molar-refractivity contribution in [2.75, 3.05) is 11.4 Å². The van der Waals surface area contributed by atoms with Crippen LogP contribution in [0.3, 0.4) is 0 Å². The molecule has 0 aliphatic rings. The lowest BCUT2D eigenvalue weighted by Gasteiger charge is -2.29. The number of hydrogen-bond donors (Lipinski definition) is 1. The smallest absolute Gasteiger partial charge is 0.417 e. The Hall–Kier alpha value is -2.23. The molecule has 0 heterocycles. The van der Waals surface area contributed by atoms with Crippen LogP contribution in [0.4, 0.5) is 18.9 Å². The van der Waals surface area contributed by atoms with E-state index in [1.54, 1.807) is 18.7 Å². The molecule has 0 radical (unpaired) electrons. The molecule has 114 valence electrons. The first-order chi connectivity index (χ1) is 9.68. The van der Waals surface area contributed by atoms with Crippen LogP contribution in [0.1, 0.15) is 36.2 Å². The zero-order valence-electron chi connectivity index (χ0n) is 11.6. The third kappa shape index (κ3) is 4.12. The highest BCUT2D eigenvalue weighted by molar-refractivity contribution is 5.90.